The maximum atomic E-state index is 12.5. The summed E-state index contributed by atoms with van der Waals surface area (Å²) >= 11 is 0. The second-order valence-corrected chi connectivity index (χ2v) is 10.7. The topological polar surface area (TPSA) is 136 Å². The van der Waals surface area contributed by atoms with Crippen LogP contribution in [0.1, 0.15) is 28.8 Å². The third-order valence-electron chi connectivity index (χ3n) is 6.23. The van der Waals surface area contributed by atoms with Gasteiger partial charge in [0.05, 0.1) is 35.2 Å². The molecule has 3 N–H and O–H groups in total. The van der Waals surface area contributed by atoms with Crippen LogP contribution in [0.15, 0.2) is 77.6 Å². The van der Waals surface area contributed by atoms with Gasteiger partial charge in [0.2, 0.25) is 15.9 Å². The maximum absolute atomic E-state index is 12.5. The summed E-state index contributed by atoms with van der Waals surface area (Å²) < 4.78 is 37.6. The number of benzene rings is 2. The standard InChI is InChI=1S/C27H25N3O6S/c28-25-23(21-11-13-35-17-21)15-24(29-26(25)36-16-18-3-5-20(6-4-18)27(31)32)19-7-9-22(10-8-19)30-12-1-2-14-37(30,33)34/h3-11,13,15,17H,1-2,12,14,16,28H2,(H,31,32). The number of nitrogens with zero attached hydrogens (tertiary/aromatic N) is 2. The van der Waals surface area contributed by atoms with Gasteiger partial charge >= 0.3 is 5.97 Å². The monoisotopic (exact) mass is 519 g/mol. The van der Waals surface area contributed by atoms with E-state index in [2.05, 4.69) is 4.98 Å². The van der Waals surface area contributed by atoms with Crippen molar-refractivity contribution in [2.24, 2.45) is 0 Å². The van der Waals surface area contributed by atoms with Gasteiger partial charge in [-0.1, -0.05) is 24.3 Å². The van der Waals surface area contributed by atoms with Crippen LogP contribution in [0.25, 0.3) is 22.4 Å². The van der Waals surface area contributed by atoms with Gasteiger partial charge in [-0.3, -0.25) is 4.31 Å². The summed E-state index contributed by atoms with van der Waals surface area (Å²) in [5.74, 6) is -0.624. The number of pyridine rings is 1. The van der Waals surface area contributed by atoms with E-state index in [-0.39, 0.29) is 23.8 Å². The zero-order valence-corrected chi connectivity index (χ0v) is 20.6. The van der Waals surface area contributed by atoms with Crippen LogP contribution >= 0.6 is 0 Å². The summed E-state index contributed by atoms with van der Waals surface area (Å²) in [6.45, 7) is 0.606. The van der Waals surface area contributed by atoms with Crippen molar-refractivity contribution in [1.29, 1.82) is 0 Å². The average molecular weight is 520 g/mol. The molecule has 3 heterocycles. The van der Waals surface area contributed by atoms with E-state index in [0.717, 1.165) is 23.1 Å². The van der Waals surface area contributed by atoms with Crippen molar-refractivity contribution in [1.82, 2.24) is 4.98 Å². The van der Waals surface area contributed by atoms with Gasteiger partial charge in [-0.25, -0.2) is 18.2 Å². The SMILES string of the molecule is Nc1c(-c2ccoc2)cc(-c2ccc(N3CCCCS3(=O)=O)cc2)nc1OCc1ccc(C(=O)O)cc1. The number of carboxylic acid groups (broad SMARTS) is 1. The van der Waals surface area contributed by atoms with Crippen molar-refractivity contribution in [3.8, 4) is 28.3 Å². The minimum Gasteiger partial charge on any atom is -0.478 e. The van der Waals surface area contributed by atoms with E-state index in [9.17, 15) is 13.2 Å². The lowest BCUT2D eigenvalue weighted by Crippen LogP contribution is -2.37. The van der Waals surface area contributed by atoms with Gasteiger partial charge in [0, 0.05) is 23.2 Å². The Bertz CT molecular complexity index is 1520. The normalized spacial score (nSPS) is 14.9. The molecule has 1 saturated heterocycles. The predicted molar refractivity (Wildman–Crippen MR) is 140 cm³/mol. The number of nitrogens with two attached hydrogens (primary N) is 1. The van der Waals surface area contributed by atoms with Crippen LogP contribution in [0.3, 0.4) is 0 Å². The van der Waals surface area contributed by atoms with Gasteiger partial charge in [-0.05, 0) is 54.8 Å². The molecule has 2 aromatic carbocycles. The van der Waals surface area contributed by atoms with Gasteiger partial charge in [0.15, 0.2) is 0 Å². The van der Waals surface area contributed by atoms with Crippen molar-refractivity contribution in [3.63, 3.8) is 0 Å². The van der Waals surface area contributed by atoms with Crippen molar-refractivity contribution in [2.45, 2.75) is 19.4 Å². The zero-order chi connectivity index (χ0) is 26.0. The van der Waals surface area contributed by atoms with E-state index in [1.807, 2.05) is 18.2 Å². The van der Waals surface area contributed by atoms with E-state index in [0.29, 0.717) is 35.6 Å². The first-order valence-corrected chi connectivity index (χ1v) is 13.3. The molecule has 0 amide bonds. The second kappa shape index (κ2) is 9.98. The van der Waals surface area contributed by atoms with Crippen molar-refractivity contribution in [3.05, 3.63) is 84.3 Å². The number of furan rings is 1. The molecule has 0 atom stereocenters. The van der Waals surface area contributed by atoms with Gasteiger partial charge in [-0.15, -0.1) is 0 Å². The molecule has 5 rings (SSSR count). The van der Waals surface area contributed by atoms with Gasteiger partial charge in [-0.2, -0.15) is 0 Å². The van der Waals surface area contributed by atoms with Crippen molar-refractivity contribution in [2.75, 3.05) is 22.3 Å². The van der Waals surface area contributed by atoms with Gasteiger partial charge < -0.3 is 20.0 Å². The third kappa shape index (κ3) is 5.14. The van der Waals surface area contributed by atoms with Crippen LogP contribution in [-0.4, -0.2) is 36.8 Å². The van der Waals surface area contributed by atoms with Crippen molar-refractivity contribution >= 4 is 27.4 Å². The lowest BCUT2D eigenvalue weighted by atomic mass is 10.0. The predicted octanol–water partition coefficient (Wildman–Crippen LogP) is 4.80. The first kappa shape index (κ1) is 24.4. The Balaban J connectivity index is 1.46. The molecular formula is C27H25N3O6S. The van der Waals surface area contributed by atoms with E-state index in [1.54, 1.807) is 42.9 Å². The number of rotatable bonds is 7. The van der Waals surface area contributed by atoms with E-state index < -0.39 is 16.0 Å². The van der Waals surface area contributed by atoms with E-state index >= 15 is 0 Å². The summed E-state index contributed by atoms with van der Waals surface area (Å²) in [6.07, 6.45) is 4.63. The number of hydrogen-bond donors (Lipinski definition) is 2. The maximum Gasteiger partial charge on any atom is 0.335 e. The minimum atomic E-state index is -3.31. The Morgan fingerprint density at radius 1 is 1.05 bits per heavy atom. The molecule has 9 nitrogen and oxygen atoms in total. The summed E-state index contributed by atoms with van der Waals surface area (Å²) in [5.41, 5.74) is 11.1. The highest BCUT2D eigenvalue weighted by Gasteiger charge is 2.26. The molecule has 4 aromatic rings. The molecule has 1 aliphatic rings. The van der Waals surface area contributed by atoms with Gasteiger partial charge in [0.1, 0.15) is 12.3 Å². The third-order valence-corrected chi connectivity index (χ3v) is 8.10. The Labute approximate surface area is 214 Å². The molecule has 1 fully saturated rings. The molecule has 0 aliphatic carbocycles. The molecule has 0 bridgehead atoms. The fourth-order valence-corrected chi connectivity index (χ4v) is 5.86. The number of anilines is 2. The molecule has 37 heavy (non-hydrogen) atoms. The highest BCUT2D eigenvalue weighted by Crippen LogP contribution is 2.37. The minimum absolute atomic E-state index is 0.136. The lowest BCUT2D eigenvalue weighted by molar-refractivity contribution is 0.0696. The van der Waals surface area contributed by atoms with Crippen LogP contribution in [-0.2, 0) is 16.6 Å². The molecular weight excluding hydrogens is 494 g/mol. The Kier molecular flexibility index (Phi) is 6.58. The molecule has 0 spiro atoms. The summed E-state index contributed by atoms with van der Waals surface area (Å²) in [4.78, 5) is 15.7. The number of carboxylic acids is 1. The highest BCUT2D eigenvalue weighted by atomic mass is 32.2. The van der Waals surface area contributed by atoms with Crippen LogP contribution in [0.2, 0.25) is 0 Å². The number of aromatic nitrogens is 1. The van der Waals surface area contributed by atoms with Gasteiger partial charge in [0.25, 0.3) is 0 Å². The smallest absolute Gasteiger partial charge is 0.335 e. The molecule has 2 aromatic heterocycles. The van der Waals surface area contributed by atoms with Crippen LogP contribution in [0.5, 0.6) is 5.88 Å². The first-order chi connectivity index (χ1) is 17.8. The molecule has 0 unspecified atom stereocenters. The first-order valence-electron chi connectivity index (χ1n) is 11.7. The summed E-state index contributed by atoms with van der Waals surface area (Å²) in [6, 6.07) is 17.2. The van der Waals surface area contributed by atoms with Crippen LogP contribution in [0.4, 0.5) is 11.4 Å². The average Bonchev–Trinajstić information content (AvgIpc) is 3.43. The summed E-state index contributed by atoms with van der Waals surface area (Å²) in [7, 11) is -3.31. The fourth-order valence-electron chi connectivity index (χ4n) is 4.22. The number of aromatic carboxylic acids is 1. The number of carbonyl (C=O) groups is 1. The van der Waals surface area contributed by atoms with Crippen molar-refractivity contribution < 1.29 is 27.5 Å². The largest absolute Gasteiger partial charge is 0.478 e. The van der Waals surface area contributed by atoms with Crippen LogP contribution in [0, 0.1) is 0 Å². The van der Waals surface area contributed by atoms with E-state index in [4.69, 9.17) is 20.0 Å². The quantitative estimate of drug-likeness (QED) is 0.355. The Morgan fingerprint density at radius 3 is 2.46 bits per heavy atom. The zero-order valence-electron chi connectivity index (χ0n) is 19.8. The molecule has 190 valence electrons. The summed E-state index contributed by atoms with van der Waals surface area (Å²) in [5, 5.41) is 9.10. The second-order valence-electron chi connectivity index (χ2n) is 8.72. The highest BCUT2D eigenvalue weighted by molar-refractivity contribution is 7.92. The number of ether oxygens (including phenoxy) is 1. The van der Waals surface area contributed by atoms with Crippen LogP contribution < -0.4 is 14.8 Å². The molecule has 1 aliphatic heterocycles. The van der Waals surface area contributed by atoms with E-state index in [1.165, 1.54) is 16.4 Å². The fraction of sp³-hybridized carbons (Fsp3) is 0.185. The number of nitrogen functional groups attached to an aromatic ring is 1. The Hall–Kier alpha value is -4.31. The lowest BCUT2D eigenvalue weighted by Gasteiger charge is -2.28. The Morgan fingerprint density at radius 2 is 1.81 bits per heavy atom. The molecule has 10 heteroatoms. The molecule has 0 radical (unpaired) electrons. The molecule has 0 saturated carbocycles. The number of sulfonamides is 1. The number of hydrogen-bond acceptors (Lipinski definition) is 7.